The molecule has 0 atom stereocenters. The van der Waals surface area contributed by atoms with Gasteiger partial charge in [-0.25, -0.2) is 0 Å². The van der Waals surface area contributed by atoms with E-state index in [1.54, 1.807) is 0 Å². The van der Waals surface area contributed by atoms with Gasteiger partial charge >= 0.3 is 0 Å². The molecular formula is C10H20. The summed E-state index contributed by atoms with van der Waals surface area (Å²) in [5.41, 5.74) is 0. The fraction of sp³-hybridized carbons (Fsp3) is 1.00. The maximum absolute atomic E-state index is 2.31. The van der Waals surface area contributed by atoms with E-state index in [4.69, 9.17) is 0 Å². The third-order valence-electron chi connectivity index (χ3n) is 2.67. The highest BCUT2D eigenvalue weighted by Gasteiger charge is 2.17. The van der Waals surface area contributed by atoms with Gasteiger partial charge in [0.15, 0.2) is 0 Å². The molecule has 0 aromatic carbocycles. The van der Waals surface area contributed by atoms with Crippen molar-refractivity contribution in [1.29, 1.82) is 0 Å². The first-order valence-electron chi connectivity index (χ1n) is 4.83. The normalized spacial score (nSPS) is 24.6. The van der Waals surface area contributed by atoms with Gasteiger partial charge in [0, 0.05) is 0 Å². The smallest absolute Gasteiger partial charge is 0.0417 e. The molecule has 0 aliphatic heterocycles. The zero-order valence-electron chi connectivity index (χ0n) is 7.40. The Morgan fingerprint density at radius 3 is 1.60 bits per heavy atom. The summed E-state index contributed by atoms with van der Waals surface area (Å²) < 4.78 is 0. The van der Waals surface area contributed by atoms with Crippen LogP contribution in [0.25, 0.3) is 0 Å². The zero-order chi connectivity index (χ0) is 7.40. The van der Waals surface area contributed by atoms with E-state index in [9.17, 15) is 0 Å². The van der Waals surface area contributed by atoms with E-state index in [1.165, 1.54) is 38.5 Å². The Bertz CT molecular complexity index is 78.0. The Morgan fingerprint density at radius 2 is 1.60 bits per heavy atom. The summed E-state index contributed by atoms with van der Waals surface area (Å²) in [6.45, 7) is 4.57. The van der Waals surface area contributed by atoms with Crippen molar-refractivity contribution in [1.82, 2.24) is 0 Å². The first-order chi connectivity index (χ1) is 4.83. The van der Waals surface area contributed by atoms with Crippen molar-refractivity contribution in [3.05, 3.63) is 0 Å². The molecule has 0 aromatic heterocycles. The standard InChI is InChI=1S/2C5H10/c1-5-3-2-4-5;1-2-5-3-4-5/h2*5H,2-4H2,1H3. The lowest BCUT2D eigenvalue weighted by Crippen LogP contribution is -2.04. The van der Waals surface area contributed by atoms with Crippen LogP contribution in [0.1, 0.15) is 52.4 Å². The van der Waals surface area contributed by atoms with Crippen LogP contribution in [-0.4, -0.2) is 0 Å². The molecule has 2 fully saturated rings. The van der Waals surface area contributed by atoms with Crippen LogP contribution in [0.5, 0.6) is 0 Å². The van der Waals surface area contributed by atoms with Gasteiger partial charge in [0.25, 0.3) is 0 Å². The molecule has 2 rings (SSSR count). The van der Waals surface area contributed by atoms with Crippen LogP contribution < -0.4 is 0 Å². The minimum absolute atomic E-state index is 1.06. The Hall–Kier alpha value is 0. The third kappa shape index (κ3) is 3.24. The van der Waals surface area contributed by atoms with Crippen molar-refractivity contribution < 1.29 is 0 Å². The second kappa shape index (κ2) is 4.00. The Morgan fingerprint density at radius 1 is 1.10 bits per heavy atom. The maximum Gasteiger partial charge on any atom is -0.0417 e. The molecule has 2 aliphatic rings. The Balaban J connectivity index is 0.0000001000. The van der Waals surface area contributed by atoms with Crippen molar-refractivity contribution in [3.8, 4) is 0 Å². The molecular weight excluding hydrogens is 120 g/mol. The van der Waals surface area contributed by atoms with E-state index >= 15 is 0 Å². The number of hydrogen-bond acceptors (Lipinski definition) is 0. The van der Waals surface area contributed by atoms with Crippen molar-refractivity contribution in [2.75, 3.05) is 0 Å². The van der Waals surface area contributed by atoms with Crippen molar-refractivity contribution >= 4 is 0 Å². The molecule has 0 amide bonds. The Kier molecular flexibility index (Phi) is 3.24. The first-order valence-corrected chi connectivity index (χ1v) is 4.83. The molecule has 0 nitrogen and oxygen atoms in total. The van der Waals surface area contributed by atoms with Crippen molar-refractivity contribution in [2.45, 2.75) is 52.4 Å². The van der Waals surface area contributed by atoms with E-state index in [0.717, 1.165) is 11.8 Å². The molecule has 0 heteroatoms. The van der Waals surface area contributed by atoms with Crippen molar-refractivity contribution in [2.24, 2.45) is 11.8 Å². The maximum atomic E-state index is 2.31. The van der Waals surface area contributed by atoms with Crippen molar-refractivity contribution in [3.63, 3.8) is 0 Å². The van der Waals surface area contributed by atoms with Crippen LogP contribution in [-0.2, 0) is 0 Å². The highest BCUT2D eigenvalue weighted by atomic mass is 14.2. The molecule has 2 aliphatic carbocycles. The van der Waals surface area contributed by atoms with E-state index in [0.29, 0.717) is 0 Å². The average Bonchev–Trinajstić information content (AvgIpc) is 2.66. The minimum atomic E-state index is 1.06. The number of rotatable bonds is 1. The van der Waals surface area contributed by atoms with E-state index in [2.05, 4.69) is 13.8 Å². The lowest BCUT2D eigenvalue weighted by atomic mass is 9.88. The minimum Gasteiger partial charge on any atom is -0.0651 e. The predicted molar refractivity (Wildman–Crippen MR) is 46.0 cm³/mol. The fourth-order valence-electron chi connectivity index (χ4n) is 1.14. The van der Waals surface area contributed by atoms with Gasteiger partial charge in [0.05, 0.1) is 0 Å². The van der Waals surface area contributed by atoms with Gasteiger partial charge in [0.2, 0.25) is 0 Å². The van der Waals surface area contributed by atoms with Gasteiger partial charge in [0.1, 0.15) is 0 Å². The Labute approximate surface area is 65.0 Å². The van der Waals surface area contributed by atoms with Gasteiger partial charge in [-0.1, -0.05) is 52.4 Å². The van der Waals surface area contributed by atoms with Crippen LogP contribution in [0.2, 0.25) is 0 Å². The molecule has 60 valence electrons. The molecule has 0 unspecified atom stereocenters. The summed E-state index contributed by atoms with van der Waals surface area (Å²) in [7, 11) is 0. The molecule has 2 saturated carbocycles. The van der Waals surface area contributed by atoms with Gasteiger partial charge in [-0.3, -0.25) is 0 Å². The summed E-state index contributed by atoms with van der Waals surface area (Å²) in [6.07, 6.45) is 8.90. The topological polar surface area (TPSA) is 0 Å². The van der Waals surface area contributed by atoms with E-state index in [-0.39, 0.29) is 0 Å². The highest BCUT2D eigenvalue weighted by Crippen LogP contribution is 2.31. The quantitative estimate of drug-likeness (QED) is 0.522. The molecule has 10 heavy (non-hydrogen) atoms. The second-order valence-electron chi connectivity index (χ2n) is 3.89. The molecule has 0 bridgehead atoms. The van der Waals surface area contributed by atoms with Crippen LogP contribution in [0.15, 0.2) is 0 Å². The van der Waals surface area contributed by atoms with Crippen LogP contribution >= 0.6 is 0 Å². The zero-order valence-corrected chi connectivity index (χ0v) is 7.40. The first kappa shape index (κ1) is 8.10. The molecule has 0 aromatic rings. The SMILES string of the molecule is CC1CCC1.CCC1CC1. The molecule has 0 radical (unpaired) electrons. The lowest BCUT2D eigenvalue weighted by Gasteiger charge is -2.18. The predicted octanol–water partition coefficient (Wildman–Crippen LogP) is 3.61. The third-order valence-corrected chi connectivity index (χ3v) is 2.67. The van der Waals surface area contributed by atoms with Crippen LogP contribution in [0.4, 0.5) is 0 Å². The lowest BCUT2D eigenvalue weighted by molar-refractivity contribution is 0.346. The summed E-state index contributed by atoms with van der Waals surface area (Å²) in [5.74, 6) is 2.20. The van der Waals surface area contributed by atoms with E-state index in [1.807, 2.05) is 0 Å². The average molecular weight is 140 g/mol. The molecule has 0 heterocycles. The monoisotopic (exact) mass is 140 g/mol. The summed E-state index contributed by atoms with van der Waals surface area (Å²) in [4.78, 5) is 0. The van der Waals surface area contributed by atoms with Gasteiger partial charge in [-0.05, 0) is 11.8 Å². The second-order valence-corrected chi connectivity index (χ2v) is 3.89. The molecule has 0 N–H and O–H groups in total. The van der Waals surface area contributed by atoms with E-state index < -0.39 is 0 Å². The summed E-state index contributed by atoms with van der Waals surface area (Å²) >= 11 is 0. The largest absolute Gasteiger partial charge is 0.0651 e. The summed E-state index contributed by atoms with van der Waals surface area (Å²) in [5, 5.41) is 0. The molecule has 0 spiro atoms. The van der Waals surface area contributed by atoms with Gasteiger partial charge in [-0.2, -0.15) is 0 Å². The highest BCUT2D eigenvalue weighted by molar-refractivity contribution is 4.69. The van der Waals surface area contributed by atoms with Crippen LogP contribution in [0.3, 0.4) is 0 Å². The van der Waals surface area contributed by atoms with Crippen LogP contribution in [0, 0.1) is 11.8 Å². The summed E-state index contributed by atoms with van der Waals surface area (Å²) in [6, 6.07) is 0. The number of hydrogen-bond donors (Lipinski definition) is 0. The van der Waals surface area contributed by atoms with Gasteiger partial charge < -0.3 is 0 Å². The van der Waals surface area contributed by atoms with Gasteiger partial charge in [-0.15, -0.1) is 0 Å². The molecule has 0 saturated heterocycles. The fourth-order valence-corrected chi connectivity index (χ4v) is 1.14.